The molecule has 0 aromatic heterocycles. The second-order valence-electron chi connectivity index (χ2n) is 27.5. The predicted molar refractivity (Wildman–Crippen MR) is 364 cm³/mol. The number of aliphatic hydroxyl groups is 5. The third-order valence-electron chi connectivity index (χ3n) is 19.2. The lowest BCUT2D eigenvalue weighted by atomic mass is 9.99. The minimum Gasteiger partial charge on any atom is -0.394 e. The van der Waals surface area contributed by atoms with Crippen LogP contribution in [0.1, 0.15) is 425 Å². The van der Waals surface area contributed by atoms with Gasteiger partial charge in [0.2, 0.25) is 5.91 Å². The number of aliphatic hydroxyl groups excluding tert-OH is 5. The van der Waals surface area contributed by atoms with Crippen molar-refractivity contribution < 1.29 is 39.8 Å². The summed E-state index contributed by atoms with van der Waals surface area (Å²) in [5.74, 6) is -0.132. The summed E-state index contributed by atoms with van der Waals surface area (Å²) in [6, 6.07) is -0.716. The Morgan fingerprint density at radius 1 is 0.353 bits per heavy atom. The summed E-state index contributed by atoms with van der Waals surface area (Å²) in [4.78, 5) is 13.2. The Kier molecular flexibility index (Phi) is 63.9. The van der Waals surface area contributed by atoms with Crippen LogP contribution in [0.25, 0.3) is 0 Å². The van der Waals surface area contributed by atoms with Gasteiger partial charge in [-0.1, -0.05) is 406 Å². The molecule has 7 unspecified atom stereocenters. The maximum atomic E-state index is 13.2. The van der Waals surface area contributed by atoms with Gasteiger partial charge in [-0.3, -0.25) is 4.79 Å². The molecule has 1 aliphatic rings. The summed E-state index contributed by atoms with van der Waals surface area (Å²) in [6.07, 6.45) is 77.8. The Balaban J connectivity index is 2.04. The fraction of sp³-hybridized carbons (Fsp3) is 0.987. The maximum Gasteiger partial charge on any atom is 0.220 e. The van der Waals surface area contributed by atoms with Gasteiger partial charge in [0, 0.05) is 6.42 Å². The van der Waals surface area contributed by atoms with E-state index in [1.807, 2.05) is 0 Å². The molecule has 0 spiro atoms. The first-order valence-electron chi connectivity index (χ1n) is 38.7. The van der Waals surface area contributed by atoms with E-state index in [0.717, 1.165) is 38.5 Å². The van der Waals surface area contributed by atoms with Crippen molar-refractivity contribution in [3.8, 4) is 0 Å². The van der Waals surface area contributed by atoms with Crippen molar-refractivity contribution in [2.24, 2.45) is 0 Å². The van der Waals surface area contributed by atoms with Gasteiger partial charge in [0.15, 0.2) is 6.29 Å². The van der Waals surface area contributed by atoms with E-state index in [4.69, 9.17) is 9.47 Å². The van der Waals surface area contributed by atoms with Crippen LogP contribution in [-0.2, 0) is 14.3 Å². The molecule has 1 heterocycles. The molecule has 7 atom stereocenters. The zero-order valence-electron chi connectivity index (χ0n) is 57.2. The molecule has 0 radical (unpaired) electrons. The molecule has 0 bridgehead atoms. The van der Waals surface area contributed by atoms with Crippen molar-refractivity contribution in [1.82, 2.24) is 5.32 Å². The molecule has 1 fully saturated rings. The number of carbonyl (C=O) groups excluding carboxylic acids is 1. The number of carbonyl (C=O) groups is 1. The van der Waals surface area contributed by atoms with Crippen molar-refractivity contribution in [2.75, 3.05) is 13.2 Å². The zero-order valence-corrected chi connectivity index (χ0v) is 57.2. The number of amides is 1. The quantitative estimate of drug-likeness (QED) is 0.0330. The first-order chi connectivity index (χ1) is 41.8. The molecule has 0 aromatic rings. The van der Waals surface area contributed by atoms with E-state index in [-0.39, 0.29) is 12.5 Å². The van der Waals surface area contributed by atoms with Crippen LogP contribution in [0.5, 0.6) is 0 Å². The third kappa shape index (κ3) is 54.6. The lowest BCUT2D eigenvalue weighted by Crippen LogP contribution is -2.60. The number of unbranched alkanes of at least 4 members (excludes halogenated alkanes) is 60. The second-order valence-corrected chi connectivity index (χ2v) is 27.5. The van der Waals surface area contributed by atoms with E-state index < -0.39 is 49.5 Å². The van der Waals surface area contributed by atoms with Gasteiger partial charge in [-0.15, -0.1) is 0 Å². The van der Waals surface area contributed by atoms with Crippen LogP contribution in [0.4, 0.5) is 0 Å². The molecule has 1 rings (SSSR count). The van der Waals surface area contributed by atoms with Gasteiger partial charge < -0.3 is 40.3 Å². The average molecular weight is 1210 g/mol. The van der Waals surface area contributed by atoms with Crippen LogP contribution in [-0.4, -0.2) is 87.5 Å². The summed E-state index contributed by atoms with van der Waals surface area (Å²) in [7, 11) is 0. The van der Waals surface area contributed by atoms with Crippen LogP contribution in [0.2, 0.25) is 0 Å². The standard InChI is InChI=1S/C76H151NO8/c1-3-5-7-9-11-13-15-17-19-21-23-25-27-29-31-32-33-34-35-36-37-38-40-42-44-46-48-50-52-54-56-58-60-62-64-66-72(80)77-69(68-84-76-75(83)74(82)73(81)71(67-78)85-76)70(79)65-63-61-59-57-55-53-51-49-47-45-43-41-39-30-28-26-24-22-20-18-16-14-12-10-8-6-4-2/h69-71,73-76,78-79,81-83H,3-68H2,1-2H3,(H,77,80). The normalized spacial score (nSPS) is 17.9. The molecule has 85 heavy (non-hydrogen) atoms. The van der Waals surface area contributed by atoms with Crippen molar-refractivity contribution in [2.45, 2.75) is 468 Å². The van der Waals surface area contributed by atoms with E-state index in [9.17, 15) is 30.3 Å². The summed E-state index contributed by atoms with van der Waals surface area (Å²) in [6.45, 7) is 3.92. The molecule has 0 aliphatic carbocycles. The SMILES string of the molecule is CCCCCCCCCCCCCCCCCCCCCCCCCCCCCCCCCCCCCC(=O)NC(COC1OC(CO)C(O)C(O)C1O)C(O)CCCCCCCCCCCCCCCCCCCCCCCCCCCCC. The number of ether oxygens (including phenoxy) is 2. The number of hydrogen-bond acceptors (Lipinski definition) is 8. The van der Waals surface area contributed by atoms with Crippen LogP contribution >= 0.6 is 0 Å². The van der Waals surface area contributed by atoms with Gasteiger partial charge in [0.05, 0.1) is 25.4 Å². The Morgan fingerprint density at radius 3 is 0.835 bits per heavy atom. The van der Waals surface area contributed by atoms with Crippen molar-refractivity contribution in [1.29, 1.82) is 0 Å². The maximum absolute atomic E-state index is 13.2. The minimum absolute atomic E-state index is 0.130. The monoisotopic (exact) mass is 1210 g/mol. The summed E-state index contributed by atoms with van der Waals surface area (Å²) in [5, 5.41) is 55.0. The molecule has 1 saturated heterocycles. The van der Waals surface area contributed by atoms with E-state index in [2.05, 4.69) is 19.2 Å². The molecule has 6 N–H and O–H groups in total. The third-order valence-corrected chi connectivity index (χ3v) is 19.2. The number of rotatable bonds is 70. The molecule has 0 aromatic carbocycles. The van der Waals surface area contributed by atoms with Gasteiger partial charge in [0.25, 0.3) is 0 Å². The molecule has 0 saturated carbocycles. The Labute approximate surface area is 529 Å². The molecule has 508 valence electrons. The van der Waals surface area contributed by atoms with E-state index in [0.29, 0.717) is 12.8 Å². The predicted octanol–water partition coefficient (Wildman–Crippen LogP) is 21.7. The summed E-state index contributed by atoms with van der Waals surface area (Å²) >= 11 is 0. The highest BCUT2D eigenvalue weighted by Gasteiger charge is 2.44. The lowest BCUT2D eigenvalue weighted by Gasteiger charge is -2.40. The van der Waals surface area contributed by atoms with Crippen molar-refractivity contribution >= 4 is 5.91 Å². The smallest absolute Gasteiger partial charge is 0.220 e. The molecule has 1 aliphatic heterocycles. The molecule has 1 amide bonds. The van der Waals surface area contributed by atoms with Crippen molar-refractivity contribution in [3.05, 3.63) is 0 Å². The fourth-order valence-corrected chi connectivity index (χ4v) is 13.2. The van der Waals surface area contributed by atoms with Crippen molar-refractivity contribution in [3.63, 3.8) is 0 Å². The fourth-order valence-electron chi connectivity index (χ4n) is 13.2. The van der Waals surface area contributed by atoms with Gasteiger partial charge >= 0.3 is 0 Å². The average Bonchev–Trinajstić information content (AvgIpc) is 3.71. The largest absolute Gasteiger partial charge is 0.394 e. The van der Waals surface area contributed by atoms with Crippen LogP contribution in [0.15, 0.2) is 0 Å². The highest BCUT2D eigenvalue weighted by atomic mass is 16.7. The van der Waals surface area contributed by atoms with E-state index in [1.165, 1.54) is 360 Å². The molecule has 9 heteroatoms. The van der Waals surface area contributed by atoms with Crippen LogP contribution < -0.4 is 5.32 Å². The lowest BCUT2D eigenvalue weighted by molar-refractivity contribution is -0.302. The second kappa shape index (κ2) is 66.1. The topological polar surface area (TPSA) is 149 Å². The van der Waals surface area contributed by atoms with Gasteiger partial charge in [-0.25, -0.2) is 0 Å². The van der Waals surface area contributed by atoms with Crippen LogP contribution in [0.3, 0.4) is 0 Å². The highest BCUT2D eigenvalue weighted by molar-refractivity contribution is 5.76. The van der Waals surface area contributed by atoms with Gasteiger partial charge in [-0.2, -0.15) is 0 Å². The molecular weight excluding hydrogens is 1050 g/mol. The number of nitrogens with one attached hydrogen (secondary N) is 1. The van der Waals surface area contributed by atoms with E-state index in [1.54, 1.807) is 0 Å². The Morgan fingerprint density at radius 2 is 0.588 bits per heavy atom. The van der Waals surface area contributed by atoms with E-state index >= 15 is 0 Å². The Hall–Kier alpha value is -0.810. The summed E-state index contributed by atoms with van der Waals surface area (Å²) < 4.78 is 11.4. The van der Waals surface area contributed by atoms with Gasteiger partial charge in [-0.05, 0) is 12.8 Å². The van der Waals surface area contributed by atoms with Crippen LogP contribution in [0, 0.1) is 0 Å². The first-order valence-corrected chi connectivity index (χ1v) is 38.7. The Bertz CT molecular complexity index is 1300. The number of hydrogen-bond donors (Lipinski definition) is 6. The zero-order chi connectivity index (χ0) is 61.4. The molecular formula is C76H151NO8. The highest BCUT2D eigenvalue weighted by Crippen LogP contribution is 2.24. The van der Waals surface area contributed by atoms with Gasteiger partial charge in [0.1, 0.15) is 24.4 Å². The minimum atomic E-state index is -1.55. The first kappa shape index (κ1) is 82.2. The molecule has 9 nitrogen and oxygen atoms in total. The summed E-state index contributed by atoms with van der Waals surface area (Å²) in [5.41, 5.74) is 0.